The zero-order valence-corrected chi connectivity index (χ0v) is 10.9. The predicted octanol–water partition coefficient (Wildman–Crippen LogP) is 1.14. The fraction of sp³-hybridized carbons (Fsp3) is 0.462. The Labute approximate surface area is 107 Å². The van der Waals surface area contributed by atoms with E-state index in [2.05, 4.69) is 0 Å². The standard InChI is InChI=1S/C13H20N2O3/c1-15(2)8-10-18-13(16)7-9-17-12-6-4-3-5-11(12)14/h3-6H,7-10,14H2,1-2H3. The summed E-state index contributed by atoms with van der Waals surface area (Å²) in [4.78, 5) is 13.3. The van der Waals surface area contributed by atoms with Crippen LogP contribution < -0.4 is 10.5 Å². The van der Waals surface area contributed by atoms with Gasteiger partial charge in [0, 0.05) is 6.54 Å². The molecule has 0 fully saturated rings. The normalized spacial score (nSPS) is 10.4. The van der Waals surface area contributed by atoms with Crippen molar-refractivity contribution in [2.45, 2.75) is 6.42 Å². The quantitative estimate of drug-likeness (QED) is 0.582. The molecule has 0 radical (unpaired) electrons. The van der Waals surface area contributed by atoms with Crippen molar-refractivity contribution in [1.82, 2.24) is 4.90 Å². The summed E-state index contributed by atoms with van der Waals surface area (Å²) in [7, 11) is 3.85. The van der Waals surface area contributed by atoms with E-state index in [1.807, 2.05) is 31.1 Å². The number of likely N-dealkylation sites (N-methyl/N-ethyl adjacent to an activating group) is 1. The van der Waals surface area contributed by atoms with Gasteiger partial charge in [0.25, 0.3) is 0 Å². The number of hydrogen-bond acceptors (Lipinski definition) is 5. The van der Waals surface area contributed by atoms with E-state index >= 15 is 0 Å². The summed E-state index contributed by atoms with van der Waals surface area (Å²) in [6.07, 6.45) is 0.224. The average molecular weight is 252 g/mol. The van der Waals surface area contributed by atoms with Gasteiger partial charge in [0.2, 0.25) is 0 Å². The van der Waals surface area contributed by atoms with Crippen molar-refractivity contribution >= 4 is 11.7 Å². The molecule has 0 heterocycles. The second-order valence-corrected chi connectivity index (χ2v) is 4.16. The van der Waals surface area contributed by atoms with E-state index in [9.17, 15) is 4.79 Å². The van der Waals surface area contributed by atoms with E-state index < -0.39 is 0 Å². The molecule has 5 heteroatoms. The number of ether oxygens (including phenoxy) is 2. The van der Waals surface area contributed by atoms with Gasteiger partial charge in [-0.3, -0.25) is 4.79 Å². The molecule has 0 saturated carbocycles. The Morgan fingerprint density at radius 1 is 1.28 bits per heavy atom. The third-order valence-electron chi connectivity index (χ3n) is 2.28. The van der Waals surface area contributed by atoms with E-state index in [0.29, 0.717) is 18.0 Å². The minimum Gasteiger partial charge on any atom is -0.491 e. The lowest BCUT2D eigenvalue weighted by atomic mass is 10.3. The number of nitrogens with zero attached hydrogens (tertiary/aromatic N) is 1. The van der Waals surface area contributed by atoms with Crippen molar-refractivity contribution in [3.05, 3.63) is 24.3 Å². The van der Waals surface area contributed by atoms with Gasteiger partial charge >= 0.3 is 5.97 Å². The van der Waals surface area contributed by atoms with Crippen LogP contribution in [0.25, 0.3) is 0 Å². The number of rotatable bonds is 7. The fourth-order valence-electron chi connectivity index (χ4n) is 1.27. The summed E-state index contributed by atoms with van der Waals surface area (Å²) in [5.74, 6) is 0.338. The van der Waals surface area contributed by atoms with E-state index in [-0.39, 0.29) is 19.0 Å². The second-order valence-electron chi connectivity index (χ2n) is 4.16. The van der Waals surface area contributed by atoms with Gasteiger partial charge in [-0.15, -0.1) is 0 Å². The number of nitrogens with two attached hydrogens (primary N) is 1. The van der Waals surface area contributed by atoms with Crippen LogP contribution >= 0.6 is 0 Å². The molecule has 0 bridgehead atoms. The maximum Gasteiger partial charge on any atom is 0.309 e. The molecule has 0 aliphatic heterocycles. The molecule has 0 aliphatic carbocycles. The van der Waals surface area contributed by atoms with Gasteiger partial charge in [0.15, 0.2) is 0 Å². The van der Waals surface area contributed by atoms with Gasteiger partial charge in [0.1, 0.15) is 12.4 Å². The molecule has 1 rings (SSSR count). The second kappa shape index (κ2) is 7.55. The Kier molecular flexibility index (Phi) is 6.00. The maximum atomic E-state index is 11.3. The summed E-state index contributed by atoms with van der Waals surface area (Å²) >= 11 is 0. The number of carbonyl (C=O) groups is 1. The van der Waals surface area contributed by atoms with Crippen molar-refractivity contribution in [2.75, 3.05) is 39.6 Å². The van der Waals surface area contributed by atoms with E-state index in [1.165, 1.54) is 0 Å². The highest BCUT2D eigenvalue weighted by Crippen LogP contribution is 2.19. The molecular formula is C13H20N2O3. The number of para-hydroxylation sites is 2. The van der Waals surface area contributed by atoms with Gasteiger partial charge in [-0.2, -0.15) is 0 Å². The third kappa shape index (κ3) is 5.54. The molecule has 0 spiro atoms. The van der Waals surface area contributed by atoms with Crippen LogP contribution in [0.5, 0.6) is 5.75 Å². The van der Waals surface area contributed by atoms with Gasteiger partial charge < -0.3 is 20.1 Å². The molecule has 100 valence electrons. The highest BCUT2D eigenvalue weighted by Gasteiger charge is 2.04. The lowest BCUT2D eigenvalue weighted by Crippen LogP contribution is -2.20. The van der Waals surface area contributed by atoms with Crippen LogP contribution in [0.15, 0.2) is 24.3 Å². The molecule has 0 amide bonds. The minimum absolute atomic E-state index is 0.224. The Bertz CT molecular complexity index is 380. The van der Waals surface area contributed by atoms with Crippen molar-refractivity contribution in [3.63, 3.8) is 0 Å². The van der Waals surface area contributed by atoms with Gasteiger partial charge in [-0.1, -0.05) is 12.1 Å². The van der Waals surface area contributed by atoms with Gasteiger partial charge in [-0.25, -0.2) is 0 Å². The average Bonchev–Trinajstić information content (AvgIpc) is 2.31. The molecule has 0 aromatic heterocycles. The molecule has 18 heavy (non-hydrogen) atoms. The van der Waals surface area contributed by atoms with Crippen LogP contribution in [0.4, 0.5) is 5.69 Å². The fourth-order valence-corrected chi connectivity index (χ4v) is 1.27. The van der Waals surface area contributed by atoms with Crippen molar-refractivity contribution in [1.29, 1.82) is 0 Å². The van der Waals surface area contributed by atoms with Crippen molar-refractivity contribution in [2.24, 2.45) is 0 Å². The summed E-state index contributed by atoms with van der Waals surface area (Å²) < 4.78 is 10.4. The van der Waals surface area contributed by atoms with Gasteiger partial charge in [0.05, 0.1) is 18.7 Å². The van der Waals surface area contributed by atoms with Crippen molar-refractivity contribution < 1.29 is 14.3 Å². The number of carbonyl (C=O) groups excluding carboxylic acids is 1. The number of benzene rings is 1. The summed E-state index contributed by atoms with van der Waals surface area (Å²) in [5, 5.41) is 0. The van der Waals surface area contributed by atoms with Crippen LogP contribution in [-0.4, -0.2) is 44.7 Å². The molecule has 1 aromatic carbocycles. The van der Waals surface area contributed by atoms with Crippen LogP contribution in [0, 0.1) is 0 Å². The molecule has 1 aromatic rings. The summed E-state index contributed by atoms with van der Waals surface area (Å²) in [6.45, 7) is 1.40. The SMILES string of the molecule is CN(C)CCOC(=O)CCOc1ccccc1N. The first-order valence-electron chi connectivity index (χ1n) is 5.87. The molecule has 0 aliphatic rings. The Morgan fingerprint density at radius 3 is 2.67 bits per heavy atom. The minimum atomic E-state index is -0.258. The molecular weight excluding hydrogens is 232 g/mol. The first kappa shape index (κ1) is 14.3. The third-order valence-corrected chi connectivity index (χ3v) is 2.28. The lowest BCUT2D eigenvalue weighted by molar-refractivity contribution is -0.144. The van der Waals surface area contributed by atoms with Crippen LogP contribution in [0.3, 0.4) is 0 Å². The zero-order valence-electron chi connectivity index (χ0n) is 10.9. The first-order chi connectivity index (χ1) is 8.59. The molecule has 0 atom stereocenters. The Hall–Kier alpha value is -1.75. The Balaban J connectivity index is 2.18. The molecule has 2 N–H and O–H groups in total. The lowest BCUT2D eigenvalue weighted by Gasteiger charge is -2.10. The van der Waals surface area contributed by atoms with E-state index in [0.717, 1.165) is 6.54 Å². The highest BCUT2D eigenvalue weighted by atomic mass is 16.5. The number of hydrogen-bond donors (Lipinski definition) is 1. The van der Waals surface area contributed by atoms with Crippen LogP contribution in [0.1, 0.15) is 6.42 Å². The smallest absolute Gasteiger partial charge is 0.309 e. The van der Waals surface area contributed by atoms with E-state index in [1.54, 1.807) is 12.1 Å². The molecule has 0 unspecified atom stereocenters. The summed E-state index contributed by atoms with van der Waals surface area (Å²) in [5.41, 5.74) is 6.27. The number of nitrogen functional groups attached to an aromatic ring is 1. The number of anilines is 1. The molecule has 0 saturated heterocycles. The largest absolute Gasteiger partial charge is 0.491 e. The summed E-state index contributed by atoms with van der Waals surface area (Å²) in [6, 6.07) is 7.19. The molecule has 5 nitrogen and oxygen atoms in total. The zero-order chi connectivity index (χ0) is 13.4. The maximum absolute atomic E-state index is 11.3. The first-order valence-corrected chi connectivity index (χ1v) is 5.87. The van der Waals surface area contributed by atoms with E-state index in [4.69, 9.17) is 15.2 Å². The number of esters is 1. The highest BCUT2D eigenvalue weighted by molar-refractivity contribution is 5.69. The van der Waals surface area contributed by atoms with Crippen LogP contribution in [0.2, 0.25) is 0 Å². The van der Waals surface area contributed by atoms with Crippen molar-refractivity contribution in [3.8, 4) is 5.75 Å². The monoisotopic (exact) mass is 252 g/mol. The topological polar surface area (TPSA) is 64.8 Å². The van der Waals surface area contributed by atoms with Crippen LogP contribution in [-0.2, 0) is 9.53 Å². The Morgan fingerprint density at radius 2 is 2.00 bits per heavy atom. The van der Waals surface area contributed by atoms with Gasteiger partial charge in [-0.05, 0) is 26.2 Å². The predicted molar refractivity (Wildman–Crippen MR) is 70.5 cm³/mol.